The van der Waals surface area contributed by atoms with Crippen LogP contribution < -0.4 is 0 Å². The number of carbonyl (C=O) groups excluding carboxylic acids is 1. The van der Waals surface area contributed by atoms with Crippen LogP contribution in [-0.2, 0) is 9.47 Å². The number of benzene rings is 1. The highest BCUT2D eigenvalue weighted by Gasteiger charge is 2.24. The lowest BCUT2D eigenvalue weighted by molar-refractivity contribution is -0.0719. The molecule has 86 valence electrons. The maximum atomic E-state index is 13.0. The quantitative estimate of drug-likeness (QED) is 0.783. The molecule has 1 atom stereocenters. The van der Waals surface area contributed by atoms with Crippen molar-refractivity contribution in [3.05, 3.63) is 34.1 Å². The Balaban J connectivity index is 2.16. The van der Waals surface area contributed by atoms with E-state index in [4.69, 9.17) is 9.47 Å². The Morgan fingerprint density at radius 3 is 2.88 bits per heavy atom. The van der Waals surface area contributed by atoms with Crippen LogP contribution in [0.2, 0.25) is 0 Å². The number of hydrogen-bond acceptors (Lipinski definition) is 3. The van der Waals surface area contributed by atoms with Gasteiger partial charge in [0.1, 0.15) is 11.9 Å². The molecular formula is C11H10BrFO3. The fourth-order valence-corrected chi connectivity index (χ4v) is 1.85. The van der Waals surface area contributed by atoms with Gasteiger partial charge in [0.05, 0.1) is 24.3 Å². The summed E-state index contributed by atoms with van der Waals surface area (Å²) in [7, 11) is 0. The third-order valence-corrected chi connectivity index (χ3v) is 2.92. The van der Waals surface area contributed by atoms with Crippen molar-refractivity contribution in [2.45, 2.75) is 6.10 Å². The summed E-state index contributed by atoms with van der Waals surface area (Å²) in [5.74, 6) is -0.572. The highest BCUT2D eigenvalue weighted by Crippen LogP contribution is 2.19. The van der Waals surface area contributed by atoms with E-state index in [9.17, 15) is 9.18 Å². The van der Waals surface area contributed by atoms with E-state index in [1.807, 2.05) is 0 Å². The van der Waals surface area contributed by atoms with Crippen LogP contribution in [0.3, 0.4) is 0 Å². The van der Waals surface area contributed by atoms with Crippen LogP contribution in [0.1, 0.15) is 10.4 Å². The molecular weight excluding hydrogens is 279 g/mol. The predicted octanol–water partition coefficient (Wildman–Crippen LogP) is 2.19. The number of ether oxygens (including phenoxy) is 2. The first-order valence-electron chi connectivity index (χ1n) is 4.87. The fourth-order valence-electron chi connectivity index (χ4n) is 1.47. The zero-order valence-electron chi connectivity index (χ0n) is 8.41. The van der Waals surface area contributed by atoms with E-state index in [2.05, 4.69) is 15.9 Å². The van der Waals surface area contributed by atoms with Gasteiger partial charge in [-0.15, -0.1) is 0 Å². The van der Waals surface area contributed by atoms with Gasteiger partial charge in [0.15, 0.2) is 5.78 Å². The molecule has 0 radical (unpaired) electrons. The van der Waals surface area contributed by atoms with Crippen LogP contribution in [-0.4, -0.2) is 31.7 Å². The molecule has 0 spiro atoms. The van der Waals surface area contributed by atoms with E-state index in [0.29, 0.717) is 18.8 Å². The van der Waals surface area contributed by atoms with Crippen LogP contribution in [0, 0.1) is 5.82 Å². The highest BCUT2D eigenvalue weighted by molar-refractivity contribution is 9.10. The zero-order chi connectivity index (χ0) is 11.5. The average Bonchev–Trinajstić information content (AvgIpc) is 2.33. The van der Waals surface area contributed by atoms with Gasteiger partial charge in [0.25, 0.3) is 0 Å². The number of halogens is 2. The molecule has 1 aliphatic rings. The Morgan fingerprint density at radius 2 is 2.25 bits per heavy atom. The number of rotatable bonds is 2. The topological polar surface area (TPSA) is 35.5 Å². The molecule has 0 aliphatic carbocycles. The standard InChI is InChI=1S/C11H10BrFO3/c12-8-5-7(1-2-9(8)13)11(14)10-6-15-3-4-16-10/h1-2,5,10H,3-4,6H2. The molecule has 1 fully saturated rings. The predicted molar refractivity (Wildman–Crippen MR) is 59.0 cm³/mol. The average molecular weight is 289 g/mol. The minimum atomic E-state index is -0.578. The Hall–Kier alpha value is -0.780. The summed E-state index contributed by atoms with van der Waals surface area (Å²) in [6.45, 7) is 1.18. The van der Waals surface area contributed by atoms with Crippen molar-refractivity contribution < 1.29 is 18.7 Å². The van der Waals surface area contributed by atoms with Crippen molar-refractivity contribution >= 4 is 21.7 Å². The molecule has 0 amide bonds. The second kappa shape index (κ2) is 5.03. The third kappa shape index (κ3) is 2.48. The second-order valence-electron chi connectivity index (χ2n) is 3.43. The van der Waals surface area contributed by atoms with Gasteiger partial charge < -0.3 is 9.47 Å². The lowest BCUT2D eigenvalue weighted by Crippen LogP contribution is -2.35. The van der Waals surface area contributed by atoms with Crippen molar-refractivity contribution in [3.63, 3.8) is 0 Å². The molecule has 0 aromatic heterocycles. The van der Waals surface area contributed by atoms with E-state index in [1.165, 1.54) is 18.2 Å². The Morgan fingerprint density at radius 1 is 1.44 bits per heavy atom. The van der Waals surface area contributed by atoms with Crippen molar-refractivity contribution in [2.75, 3.05) is 19.8 Å². The van der Waals surface area contributed by atoms with Crippen molar-refractivity contribution in [1.29, 1.82) is 0 Å². The van der Waals surface area contributed by atoms with E-state index in [-0.39, 0.29) is 16.9 Å². The maximum absolute atomic E-state index is 13.0. The molecule has 1 unspecified atom stereocenters. The Bertz CT molecular complexity index is 402. The molecule has 0 saturated carbocycles. The van der Waals surface area contributed by atoms with E-state index in [0.717, 1.165) is 0 Å². The summed E-state index contributed by atoms with van der Waals surface area (Å²) in [5.41, 5.74) is 0.420. The molecule has 16 heavy (non-hydrogen) atoms. The number of carbonyl (C=O) groups is 1. The fraction of sp³-hybridized carbons (Fsp3) is 0.364. The minimum absolute atomic E-state index is 0.180. The van der Waals surface area contributed by atoms with Crippen molar-refractivity contribution in [2.24, 2.45) is 0 Å². The lowest BCUT2D eigenvalue weighted by Gasteiger charge is -2.21. The zero-order valence-corrected chi connectivity index (χ0v) is 10.00. The van der Waals surface area contributed by atoms with Crippen molar-refractivity contribution in [1.82, 2.24) is 0 Å². The largest absolute Gasteiger partial charge is 0.376 e. The second-order valence-corrected chi connectivity index (χ2v) is 4.28. The Labute approximate surface area is 101 Å². The van der Waals surface area contributed by atoms with Crippen LogP contribution in [0.25, 0.3) is 0 Å². The van der Waals surface area contributed by atoms with Gasteiger partial charge in [-0.2, -0.15) is 0 Å². The number of ketones is 1. The van der Waals surface area contributed by atoms with Crippen LogP contribution in [0.15, 0.2) is 22.7 Å². The summed E-state index contributed by atoms with van der Waals surface area (Å²) in [6.07, 6.45) is -0.578. The SMILES string of the molecule is O=C(c1ccc(F)c(Br)c1)C1COCCO1. The normalized spacial score (nSPS) is 20.8. The summed E-state index contributed by atoms with van der Waals surface area (Å²) < 4.78 is 23.7. The summed E-state index contributed by atoms with van der Waals surface area (Å²) in [4.78, 5) is 11.9. The minimum Gasteiger partial charge on any atom is -0.376 e. The van der Waals surface area contributed by atoms with E-state index in [1.54, 1.807) is 0 Å². The van der Waals surface area contributed by atoms with Gasteiger partial charge in [-0.1, -0.05) is 0 Å². The van der Waals surface area contributed by atoms with Gasteiger partial charge in [-0.05, 0) is 34.1 Å². The monoisotopic (exact) mass is 288 g/mol. The first-order chi connectivity index (χ1) is 7.68. The van der Waals surface area contributed by atoms with Crippen molar-refractivity contribution in [3.8, 4) is 0 Å². The number of hydrogen-bond donors (Lipinski definition) is 0. The van der Waals surface area contributed by atoms with E-state index < -0.39 is 11.9 Å². The van der Waals surface area contributed by atoms with Gasteiger partial charge in [0, 0.05) is 5.56 Å². The number of Topliss-reactive ketones (excluding diaryl/α,β-unsaturated/α-hetero) is 1. The third-order valence-electron chi connectivity index (χ3n) is 2.31. The summed E-state index contributed by atoms with van der Waals surface area (Å²) >= 11 is 3.04. The van der Waals surface area contributed by atoms with Crippen LogP contribution >= 0.6 is 15.9 Å². The van der Waals surface area contributed by atoms with Crippen LogP contribution in [0.5, 0.6) is 0 Å². The molecule has 0 N–H and O–H groups in total. The first-order valence-corrected chi connectivity index (χ1v) is 5.66. The lowest BCUT2D eigenvalue weighted by atomic mass is 10.1. The maximum Gasteiger partial charge on any atom is 0.193 e. The molecule has 1 aromatic carbocycles. The molecule has 2 rings (SSSR count). The Kier molecular flexibility index (Phi) is 3.68. The molecule has 1 aromatic rings. The molecule has 1 heterocycles. The smallest absolute Gasteiger partial charge is 0.193 e. The first kappa shape index (κ1) is 11.7. The van der Waals surface area contributed by atoms with Gasteiger partial charge in [0.2, 0.25) is 0 Å². The molecule has 3 nitrogen and oxygen atoms in total. The van der Waals surface area contributed by atoms with Gasteiger partial charge in [-0.3, -0.25) is 4.79 Å². The van der Waals surface area contributed by atoms with Gasteiger partial charge >= 0.3 is 0 Å². The summed E-state index contributed by atoms with van der Waals surface area (Å²) in [6, 6.07) is 4.15. The summed E-state index contributed by atoms with van der Waals surface area (Å²) in [5, 5.41) is 0. The van der Waals surface area contributed by atoms with Gasteiger partial charge in [-0.25, -0.2) is 4.39 Å². The molecule has 1 aliphatic heterocycles. The van der Waals surface area contributed by atoms with E-state index >= 15 is 0 Å². The molecule has 1 saturated heterocycles. The molecule has 5 heteroatoms. The molecule has 0 bridgehead atoms. The van der Waals surface area contributed by atoms with Crippen LogP contribution in [0.4, 0.5) is 4.39 Å². The highest BCUT2D eigenvalue weighted by atomic mass is 79.9.